The number of fused-ring (bicyclic) bond motifs is 1. The number of hydrogen-bond acceptors (Lipinski definition) is 1. The lowest BCUT2D eigenvalue weighted by Gasteiger charge is -2.26. The Labute approximate surface area is 96.7 Å². The zero-order chi connectivity index (χ0) is 11.6. The molecule has 0 atom stereocenters. The van der Waals surface area contributed by atoms with Crippen molar-refractivity contribution >= 4 is 10.8 Å². The van der Waals surface area contributed by atoms with E-state index in [2.05, 4.69) is 24.3 Å². The molecule has 0 saturated heterocycles. The molecule has 1 nitrogen and oxygen atoms in total. The van der Waals surface area contributed by atoms with Crippen LogP contribution in [0.1, 0.15) is 32.3 Å². The highest BCUT2D eigenvalue weighted by atomic mass is 16.3. The van der Waals surface area contributed by atoms with E-state index in [9.17, 15) is 5.11 Å². The fourth-order valence-electron chi connectivity index (χ4n) is 2.14. The third-order valence-electron chi connectivity index (χ3n) is 3.46. The van der Waals surface area contributed by atoms with Gasteiger partial charge in [0.15, 0.2) is 0 Å². The van der Waals surface area contributed by atoms with Crippen LogP contribution in [0, 0.1) is 0 Å². The predicted molar refractivity (Wildman–Crippen MR) is 68.4 cm³/mol. The van der Waals surface area contributed by atoms with Gasteiger partial charge in [0.25, 0.3) is 0 Å². The smallest absolute Gasteiger partial charge is 0.0891 e. The molecular formula is C15H18O. The lowest BCUT2D eigenvalue weighted by molar-refractivity contribution is 0.0285. The van der Waals surface area contributed by atoms with Crippen molar-refractivity contribution in [1.29, 1.82) is 0 Å². The monoisotopic (exact) mass is 214 g/mol. The SMILES string of the molecule is CCC(O)(CC)c1ccc2ccccc2c1. The minimum atomic E-state index is -0.677. The van der Waals surface area contributed by atoms with Crippen LogP contribution in [-0.2, 0) is 5.60 Å². The van der Waals surface area contributed by atoms with Gasteiger partial charge in [0.1, 0.15) is 0 Å². The molecule has 0 heterocycles. The summed E-state index contributed by atoms with van der Waals surface area (Å²) in [6, 6.07) is 14.5. The van der Waals surface area contributed by atoms with Gasteiger partial charge in [0.2, 0.25) is 0 Å². The quantitative estimate of drug-likeness (QED) is 0.822. The molecule has 2 aromatic rings. The van der Waals surface area contributed by atoms with Crippen molar-refractivity contribution in [3.63, 3.8) is 0 Å². The van der Waals surface area contributed by atoms with Crippen LogP contribution in [0.3, 0.4) is 0 Å². The Bertz CT molecular complexity index is 484. The van der Waals surface area contributed by atoms with E-state index in [1.54, 1.807) is 0 Å². The molecule has 2 rings (SSSR count). The average Bonchev–Trinajstić information content (AvgIpc) is 2.37. The summed E-state index contributed by atoms with van der Waals surface area (Å²) in [6.45, 7) is 4.05. The highest BCUT2D eigenvalue weighted by Crippen LogP contribution is 2.30. The van der Waals surface area contributed by atoms with Crippen LogP contribution in [-0.4, -0.2) is 5.11 Å². The van der Waals surface area contributed by atoms with Crippen molar-refractivity contribution in [1.82, 2.24) is 0 Å². The van der Waals surface area contributed by atoms with Crippen LogP contribution in [0.4, 0.5) is 0 Å². The Morgan fingerprint density at radius 1 is 0.938 bits per heavy atom. The molecule has 0 bridgehead atoms. The van der Waals surface area contributed by atoms with Gasteiger partial charge < -0.3 is 5.11 Å². The first-order valence-corrected chi connectivity index (χ1v) is 5.91. The summed E-state index contributed by atoms with van der Waals surface area (Å²) in [6.07, 6.45) is 1.50. The minimum Gasteiger partial charge on any atom is -0.385 e. The molecule has 1 N–H and O–H groups in total. The molecule has 0 radical (unpaired) electrons. The molecule has 16 heavy (non-hydrogen) atoms. The number of rotatable bonds is 3. The molecule has 0 aromatic heterocycles. The van der Waals surface area contributed by atoms with Crippen LogP contribution in [0.15, 0.2) is 42.5 Å². The molecule has 0 aliphatic rings. The number of benzene rings is 2. The topological polar surface area (TPSA) is 20.2 Å². The van der Waals surface area contributed by atoms with E-state index in [0.29, 0.717) is 0 Å². The first-order chi connectivity index (χ1) is 7.69. The summed E-state index contributed by atoms with van der Waals surface area (Å²) in [5.41, 5.74) is 0.348. The van der Waals surface area contributed by atoms with Crippen LogP contribution in [0.25, 0.3) is 10.8 Å². The Kier molecular flexibility index (Phi) is 2.97. The highest BCUT2D eigenvalue weighted by Gasteiger charge is 2.24. The second kappa shape index (κ2) is 4.26. The van der Waals surface area contributed by atoms with Crippen LogP contribution >= 0.6 is 0 Å². The van der Waals surface area contributed by atoms with E-state index in [-0.39, 0.29) is 0 Å². The van der Waals surface area contributed by atoms with Gasteiger partial charge in [-0.25, -0.2) is 0 Å². The molecule has 0 aliphatic heterocycles. The highest BCUT2D eigenvalue weighted by molar-refractivity contribution is 5.83. The number of hydrogen-bond donors (Lipinski definition) is 1. The van der Waals surface area contributed by atoms with Crippen molar-refractivity contribution in [2.75, 3.05) is 0 Å². The summed E-state index contributed by atoms with van der Waals surface area (Å²) in [5.74, 6) is 0. The Balaban J connectivity index is 2.54. The van der Waals surface area contributed by atoms with E-state index in [4.69, 9.17) is 0 Å². The summed E-state index contributed by atoms with van der Waals surface area (Å²) in [7, 11) is 0. The summed E-state index contributed by atoms with van der Waals surface area (Å²) >= 11 is 0. The van der Waals surface area contributed by atoms with Crippen LogP contribution < -0.4 is 0 Å². The van der Waals surface area contributed by atoms with Crippen molar-refractivity contribution in [3.8, 4) is 0 Å². The molecule has 0 aliphatic carbocycles. The zero-order valence-corrected chi connectivity index (χ0v) is 9.90. The standard InChI is InChI=1S/C15H18O/c1-3-15(16,4-2)14-10-9-12-7-5-6-8-13(12)11-14/h5-11,16H,3-4H2,1-2H3. The fraction of sp³-hybridized carbons (Fsp3) is 0.333. The van der Waals surface area contributed by atoms with Gasteiger partial charge >= 0.3 is 0 Å². The molecule has 0 unspecified atom stereocenters. The van der Waals surface area contributed by atoms with Crippen LogP contribution in [0.2, 0.25) is 0 Å². The third kappa shape index (κ3) is 1.83. The molecule has 0 saturated carbocycles. The van der Waals surface area contributed by atoms with Gasteiger partial charge in [0, 0.05) is 0 Å². The lowest BCUT2D eigenvalue weighted by atomic mass is 9.87. The second-order valence-corrected chi connectivity index (χ2v) is 4.30. The molecular weight excluding hydrogens is 196 g/mol. The van der Waals surface area contributed by atoms with E-state index in [0.717, 1.165) is 18.4 Å². The first-order valence-electron chi connectivity index (χ1n) is 5.91. The summed E-state index contributed by atoms with van der Waals surface area (Å²) < 4.78 is 0. The molecule has 0 amide bonds. The molecule has 0 spiro atoms. The normalized spacial score (nSPS) is 11.9. The van der Waals surface area contributed by atoms with E-state index in [1.165, 1.54) is 10.8 Å². The minimum absolute atomic E-state index is 0.677. The fourth-order valence-corrected chi connectivity index (χ4v) is 2.14. The largest absolute Gasteiger partial charge is 0.385 e. The van der Waals surface area contributed by atoms with Gasteiger partial charge in [-0.15, -0.1) is 0 Å². The van der Waals surface area contributed by atoms with Gasteiger partial charge in [-0.1, -0.05) is 50.2 Å². The van der Waals surface area contributed by atoms with Crippen LogP contribution in [0.5, 0.6) is 0 Å². The maximum absolute atomic E-state index is 10.5. The Morgan fingerprint density at radius 3 is 2.19 bits per heavy atom. The van der Waals surface area contributed by atoms with Crippen molar-refractivity contribution in [2.24, 2.45) is 0 Å². The molecule has 0 fully saturated rings. The van der Waals surface area contributed by atoms with Crippen molar-refractivity contribution < 1.29 is 5.11 Å². The predicted octanol–water partition coefficient (Wildman–Crippen LogP) is 3.85. The third-order valence-corrected chi connectivity index (χ3v) is 3.46. The second-order valence-electron chi connectivity index (χ2n) is 4.30. The first kappa shape index (κ1) is 11.2. The van der Waals surface area contributed by atoms with Gasteiger partial charge in [-0.05, 0) is 35.2 Å². The summed E-state index contributed by atoms with van der Waals surface area (Å²) in [5, 5.41) is 12.9. The van der Waals surface area contributed by atoms with E-state index in [1.807, 2.05) is 32.0 Å². The van der Waals surface area contributed by atoms with Crippen molar-refractivity contribution in [2.45, 2.75) is 32.3 Å². The summed E-state index contributed by atoms with van der Waals surface area (Å²) in [4.78, 5) is 0. The van der Waals surface area contributed by atoms with Gasteiger partial charge in [-0.2, -0.15) is 0 Å². The molecule has 1 heteroatoms. The molecule has 2 aromatic carbocycles. The lowest BCUT2D eigenvalue weighted by Crippen LogP contribution is -2.23. The zero-order valence-electron chi connectivity index (χ0n) is 9.90. The maximum Gasteiger partial charge on any atom is 0.0891 e. The van der Waals surface area contributed by atoms with Crippen molar-refractivity contribution in [3.05, 3.63) is 48.0 Å². The van der Waals surface area contributed by atoms with E-state index < -0.39 is 5.60 Å². The van der Waals surface area contributed by atoms with E-state index >= 15 is 0 Å². The maximum atomic E-state index is 10.5. The average molecular weight is 214 g/mol. The Morgan fingerprint density at radius 2 is 1.56 bits per heavy atom. The molecule has 84 valence electrons. The van der Waals surface area contributed by atoms with Gasteiger partial charge in [0.05, 0.1) is 5.60 Å². The Hall–Kier alpha value is -1.34. The van der Waals surface area contributed by atoms with Gasteiger partial charge in [-0.3, -0.25) is 0 Å². The number of aliphatic hydroxyl groups is 1.